The van der Waals surface area contributed by atoms with Crippen LogP contribution < -0.4 is 16.0 Å². The van der Waals surface area contributed by atoms with E-state index < -0.39 is 34.7 Å². The van der Waals surface area contributed by atoms with Crippen molar-refractivity contribution in [2.24, 2.45) is 0 Å². The number of esters is 1. The molecule has 0 saturated carbocycles. The summed E-state index contributed by atoms with van der Waals surface area (Å²) in [6, 6.07) is 22.3. The molecule has 4 aromatic rings. The Morgan fingerprint density at radius 3 is 2.36 bits per heavy atom. The molecule has 1 aromatic heterocycles. The van der Waals surface area contributed by atoms with E-state index in [1.54, 1.807) is 118 Å². The second-order valence-corrected chi connectivity index (χ2v) is 16.0. The number of fused-ring (bicyclic) bond motifs is 1. The number of rotatable bonds is 10. The largest absolute Gasteiger partial charge is 0.465 e. The van der Waals surface area contributed by atoms with Crippen molar-refractivity contribution < 1.29 is 33.4 Å². The van der Waals surface area contributed by atoms with Crippen LogP contribution in [0.25, 0.3) is 6.08 Å². The maximum atomic E-state index is 13.6. The van der Waals surface area contributed by atoms with Gasteiger partial charge in [0, 0.05) is 32.6 Å². The molecule has 1 unspecified atom stereocenters. The molecule has 11 nitrogen and oxygen atoms in total. The minimum Gasteiger partial charge on any atom is -0.465 e. The first-order chi connectivity index (χ1) is 25.2. The topological polar surface area (TPSA) is 143 Å². The van der Waals surface area contributed by atoms with E-state index in [0.29, 0.717) is 44.7 Å². The smallest absolute Gasteiger partial charge is 0.410 e. The number of hydrogen-bond donors (Lipinski definition) is 3. The van der Waals surface area contributed by atoms with Crippen LogP contribution >= 0.6 is 34.7 Å². The summed E-state index contributed by atoms with van der Waals surface area (Å²) in [5, 5.41) is 8.73. The lowest BCUT2D eigenvalue weighted by Crippen LogP contribution is -2.39. The number of anilines is 2. The molecule has 0 bridgehead atoms. The average molecular weight is 775 g/mol. The first kappa shape index (κ1) is 39.1. The number of carbonyl (C=O) groups is 5. The normalized spacial score (nSPS) is 13.3. The van der Waals surface area contributed by atoms with Crippen LogP contribution in [0.5, 0.6) is 0 Å². The van der Waals surface area contributed by atoms with E-state index >= 15 is 0 Å². The van der Waals surface area contributed by atoms with Crippen LogP contribution in [0.4, 0.5) is 15.5 Å². The summed E-state index contributed by atoms with van der Waals surface area (Å²) in [7, 11) is 1.28. The molecule has 2 heterocycles. The van der Waals surface area contributed by atoms with Crippen LogP contribution in [0.1, 0.15) is 64.4 Å². The van der Waals surface area contributed by atoms with E-state index in [-0.39, 0.29) is 23.7 Å². The molecule has 0 spiro atoms. The van der Waals surface area contributed by atoms with Crippen LogP contribution in [0.3, 0.4) is 0 Å². The Morgan fingerprint density at radius 1 is 0.962 bits per heavy atom. The Balaban J connectivity index is 1.28. The molecule has 276 valence electrons. The fourth-order valence-corrected chi connectivity index (χ4v) is 7.58. The summed E-state index contributed by atoms with van der Waals surface area (Å²) in [4.78, 5) is 68.7. The molecule has 0 saturated heterocycles. The van der Waals surface area contributed by atoms with E-state index in [2.05, 4.69) is 16.0 Å². The number of carbonyl (C=O) groups excluding carboxylic acids is 5. The Labute approximate surface area is 321 Å². The maximum absolute atomic E-state index is 13.6. The van der Waals surface area contributed by atoms with Gasteiger partial charge in [-0.1, -0.05) is 48.0 Å². The van der Waals surface area contributed by atoms with E-state index in [1.165, 1.54) is 30.2 Å². The molecular weight excluding hydrogens is 736 g/mol. The zero-order valence-electron chi connectivity index (χ0n) is 29.8. The number of benzene rings is 3. The zero-order valence-corrected chi connectivity index (χ0v) is 32.2. The average Bonchev–Trinajstić information content (AvgIpc) is 3.48. The van der Waals surface area contributed by atoms with Gasteiger partial charge in [0.05, 0.1) is 24.5 Å². The Hall–Kier alpha value is -5.11. The summed E-state index contributed by atoms with van der Waals surface area (Å²) in [6.45, 7) is 7.72. The SMILES string of the molecule is COC(=O)c1c(NC(=O)C(C)Sc2cccc(NC(=O)/C(=C\c3ccc(Cl)cc3)NC(=O)c3ccccc3)c2)sc2c1CCN(C(=O)OC(C)(C)C)C2. The molecule has 0 radical (unpaired) electrons. The number of hydrogen-bond acceptors (Lipinski definition) is 9. The van der Waals surface area contributed by atoms with E-state index in [0.717, 1.165) is 10.4 Å². The molecule has 1 atom stereocenters. The third-order valence-corrected chi connectivity index (χ3v) is 10.3. The second kappa shape index (κ2) is 17.1. The van der Waals surface area contributed by atoms with Crippen LogP contribution in [0.15, 0.2) is 89.5 Å². The zero-order chi connectivity index (χ0) is 38.3. The van der Waals surface area contributed by atoms with Crippen molar-refractivity contribution in [2.75, 3.05) is 24.3 Å². The van der Waals surface area contributed by atoms with Gasteiger partial charge >= 0.3 is 12.1 Å². The first-order valence-corrected chi connectivity index (χ1v) is 18.7. The minimum absolute atomic E-state index is 0.0150. The summed E-state index contributed by atoms with van der Waals surface area (Å²) >= 11 is 8.53. The molecule has 3 aromatic carbocycles. The standard InChI is InChI=1S/C39H39ClN4O7S2/c1-23(33(45)43-36-32(37(48)50-5)29-18-19-44(22-31(29)53-36)38(49)51-39(2,3)4)52-28-13-9-12-27(21-28)41-35(47)30(20-24-14-16-26(40)17-15-24)42-34(46)25-10-7-6-8-11-25/h6-17,20-21,23H,18-19,22H2,1-5H3,(H,41,47)(H,42,46)(H,43,45)/b30-20+. The molecule has 3 N–H and O–H groups in total. The van der Waals surface area contributed by atoms with Gasteiger partial charge in [-0.2, -0.15) is 0 Å². The number of nitrogens with one attached hydrogen (secondary N) is 3. The fourth-order valence-electron chi connectivity index (χ4n) is 5.28. The van der Waals surface area contributed by atoms with Crippen molar-refractivity contribution in [3.63, 3.8) is 0 Å². The van der Waals surface area contributed by atoms with Gasteiger partial charge in [-0.15, -0.1) is 23.1 Å². The lowest BCUT2D eigenvalue weighted by atomic mass is 10.0. The lowest BCUT2D eigenvalue weighted by molar-refractivity contribution is -0.115. The molecule has 53 heavy (non-hydrogen) atoms. The predicted molar refractivity (Wildman–Crippen MR) is 208 cm³/mol. The van der Waals surface area contributed by atoms with E-state index in [4.69, 9.17) is 21.1 Å². The van der Waals surface area contributed by atoms with Gasteiger partial charge in [0.1, 0.15) is 16.3 Å². The van der Waals surface area contributed by atoms with Crippen molar-refractivity contribution in [3.05, 3.63) is 117 Å². The van der Waals surface area contributed by atoms with Gasteiger partial charge in [0.15, 0.2) is 0 Å². The third kappa shape index (κ3) is 10.5. The molecule has 1 aliphatic rings. The molecule has 0 fully saturated rings. The third-order valence-electron chi connectivity index (χ3n) is 7.82. The quantitative estimate of drug-likeness (QED) is 0.0836. The predicted octanol–water partition coefficient (Wildman–Crippen LogP) is 8.01. The van der Waals surface area contributed by atoms with Crippen LogP contribution in [0.2, 0.25) is 5.02 Å². The highest BCUT2D eigenvalue weighted by atomic mass is 35.5. The van der Waals surface area contributed by atoms with Gasteiger partial charge in [0.25, 0.3) is 11.8 Å². The summed E-state index contributed by atoms with van der Waals surface area (Å²) in [5.41, 5.74) is 1.87. The lowest BCUT2D eigenvalue weighted by Gasteiger charge is -2.30. The highest BCUT2D eigenvalue weighted by Crippen LogP contribution is 2.38. The summed E-state index contributed by atoms with van der Waals surface area (Å²) < 4.78 is 10.6. The van der Waals surface area contributed by atoms with Crippen molar-refractivity contribution in [1.82, 2.24) is 10.2 Å². The fraction of sp³-hybridized carbons (Fsp3) is 0.256. The van der Waals surface area contributed by atoms with Gasteiger partial charge in [0.2, 0.25) is 5.91 Å². The number of ether oxygens (including phenoxy) is 2. The summed E-state index contributed by atoms with van der Waals surface area (Å²) in [6.07, 6.45) is 1.51. The first-order valence-electron chi connectivity index (χ1n) is 16.6. The number of halogens is 1. The van der Waals surface area contributed by atoms with Crippen molar-refractivity contribution >= 4 is 81.2 Å². The summed E-state index contributed by atoms with van der Waals surface area (Å²) in [5.74, 6) is -1.93. The molecule has 4 amide bonds. The molecule has 5 rings (SSSR count). The Kier molecular flexibility index (Phi) is 12.7. The maximum Gasteiger partial charge on any atom is 0.410 e. The van der Waals surface area contributed by atoms with Gasteiger partial charge in [-0.05, 0) is 93.8 Å². The number of amides is 4. The van der Waals surface area contributed by atoms with Crippen molar-refractivity contribution in [1.29, 1.82) is 0 Å². The van der Waals surface area contributed by atoms with Crippen LogP contribution in [-0.4, -0.2) is 59.2 Å². The van der Waals surface area contributed by atoms with Gasteiger partial charge in [-0.3, -0.25) is 14.4 Å². The van der Waals surface area contributed by atoms with E-state index in [9.17, 15) is 24.0 Å². The van der Waals surface area contributed by atoms with Gasteiger partial charge in [-0.25, -0.2) is 9.59 Å². The number of thiophene rings is 1. The molecular formula is C39H39ClN4O7S2. The number of methoxy groups -OCH3 is 1. The van der Waals surface area contributed by atoms with Crippen LogP contribution in [-0.2, 0) is 32.0 Å². The van der Waals surface area contributed by atoms with Crippen molar-refractivity contribution in [2.45, 2.75) is 56.4 Å². The molecule has 0 aliphatic carbocycles. The molecule has 1 aliphatic heterocycles. The highest BCUT2D eigenvalue weighted by Gasteiger charge is 2.33. The van der Waals surface area contributed by atoms with Crippen molar-refractivity contribution in [3.8, 4) is 0 Å². The van der Waals surface area contributed by atoms with Gasteiger partial charge < -0.3 is 30.3 Å². The van der Waals surface area contributed by atoms with E-state index in [1.807, 2.05) is 0 Å². The monoisotopic (exact) mass is 774 g/mol. The Bertz CT molecular complexity index is 2040. The number of thioether (sulfide) groups is 1. The highest BCUT2D eigenvalue weighted by molar-refractivity contribution is 8.00. The Morgan fingerprint density at radius 2 is 1.68 bits per heavy atom. The second-order valence-electron chi connectivity index (χ2n) is 13.0. The number of nitrogens with zero attached hydrogens (tertiary/aromatic N) is 1. The minimum atomic E-state index is -0.653. The molecule has 14 heteroatoms. The van der Waals surface area contributed by atoms with Crippen LogP contribution in [0, 0.1) is 0 Å².